The summed E-state index contributed by atoms with van der Waals surface area (Å²) in [4.78, 5) is 11.4. The smallest absolute Gasteiger partial charge is 0.305 e. The lowest BCUT2D eigenvalue weighted by Gasteiger charge is -2.06. The number of esters is 1. The van der Waals surface area contributed by atoms with Gasteiger partial charge in [-0.3, -0.25) is 4.79 Å². The van der Waals surface area contributed by atoms with Crippen molar-refractivity contribution in [1.82, 2.24) is 0 Å². The van der Waals surface area contributed by atoms with Crippen LogP contribution < -0.4 is 0 Å². The molecule has 0 aromatic heterocycles. The molecule has 0 bridgehead atoms. The molecule has 0 rings (SSSR count). The molecule has 0 aliphatic carbocycles. The molecule has 0 radical (unpaired) electrons. The maximum atomic E-state index is 11.4. The fourth-order valence-corrected chi connectivity index (χ4v) is 1.82. The topological polar surface area (TPSA) is 44.8 Å². The van der Waals surface area contributed by atoms with Gasteiger partial charge in [0.2, 0.25) is 0 Å². The van der Waals surface area contributed by atoms with Crippen molar-refractivity contribution in [2.45, 2.75) is 65.2 Å². The van der Waals surface area contributed by atoms with Crippen molar-refractivity contribution in [2.75, 3.05) is 33.0 Å². The number of hydrogen-bond acceptors (Lipinski definition) is 4. The number of rotatable bonds is 15. The highest BCUT2D eigenvalue weighted by molar-refractivity contribution is 5.69. The van der Waals surface area contributed by atoms with Gasteiger partial charge in [0.25, 0.3) is 0 Å². The van der Waals surface area contributed by atoms with E-state index in [4.69, 9.17) is 14.2 Å². The van der Waals surface area contributed by atoms with Crippen molar-refractivity contribution >= 4 is 5.97 Å². The van der Waals surface area contributed by atoms with E-state index in [0.717, 1.165) is 19.3 Å². The summed E-state index contributed by atoms with van der Waals surface area (Å²) in [6, 6.07) is 0. The standard InChI is InChI=1S/C16H32O4/c1-3-5-6-7-8-9-13-20-16(17)11-10-12-19-15-14-18-4-2/h3-15H2,1-2H3. The summed E-state index contributed by atoms with van der Waals surface area (Å²) in [6.07, 6.45) is 8.44. The van der Waals surface area contributed by atoms with Gasteiger partial charge in [-0.2, -0.15) is 0 Å². The number of carbonyl (C=O) groups excluding carboxylic acids is 1. The molecule has 4 nitrogen and oxygen atoms in total. The van der Waals surface area contributed by atoms with Gasteiger partial charge in [-0.1, -0.05) is 39.0 Å². The molecule has 0 aromatic carbocycles. The van der Waals surface area contributed by atoms with Gasteiger partial charge in [0, 0.05) is 19.6 Å². The zero-order chi connectivity index (χ0) is 14.9. The number of unbranched alkanes of at least 4 members (excludes halogenated alkanes) is 5. The van der Waals surface area contributed by atoms with Crippen molar-refractivity contribution in [3.05, 3.63) is 0 Å². The maximum Gasteiger partial charge on any atom is 0.305 e. The number of hydrogen-bond donors (Lipinski definition) is 0. The van der Waals surface area contributed by atoms with E-state index < -0.39 is 0 Å². The van der Waals surface area contributed by atoms with Crippen molar-refractivity contribution in [2.24, 2.45) is 0 Å². The first-order valence-corrected chi connectivity index (χ1v) is 8.12. The van der Waals surface area contributed by atoms with Gasteiger partial charge in [0.15, 0.2) is 0 Å². The predicted octanol–water partition coefficient (Wildman–Crippen LogP) is 3.72. The molecule has 0 atom stereocenters. The Morgan fingerprint density at radius 2 is 1.45 bits per heavy atom. The zero-order valence-corrected chi connectivity index (χ0v) is 13.3. The highest BCUT2D eigenvalue weighted by Gasteiger charge is 2.02. The largest absolute Gasteiger partial charge is 0.466 e. The Bertz CT molecular complexity index is 187. The van der Waals surface area contributed by atoms with E-state index in [1.807, 2.05) is 6.92 Å². The van der Waals surface area contributed by atoms with Gasteiger partial charge in [0.05, 0.1) is 19.8 Å². The van der Waals surface area contributed by atoms with Crippen LogP contribution in [0.15, 0.2) is 0 Å². The van der Waals surface area contributed by atoms with E-state index in [9.17, 15) is 4.79 Å². The van der Waals surface area contributed by atoms with Gasteiger partial charge in [-0.15, -0.1) is 0 Å². The summed E-state index contributed by atoms with van der Waals surface area (Å²) < 4.78 is 15.7. The second-order valence-corrected chi connectivity index (χ2v) is 4.90. The summed E-state index contributed by atoms with van der Waals surface area (Å²) in [7, 11) is 0. The van der Waals surface area contributed by atoms with E-state index >= 15 is 0 Å². The SMILES string of the molecule is CCCCCCCCOC(=O)CCCOCCOCC. The molecule has 0 fully saturated rings. The average Bonchev–Trinajstić information content (AvgIpc) is 2.45. The minimum atomic E-state index is -0.105. The minimum absolute atomic E-state index is 0.105. The lowest BCUT2D eigenvalue weighted by Crippen LogP contribution is -2.09. The molecular weight excluding hydrogens is 256 g/mol. The number of ether oxygens (including phenoxy) is 3. The van der Waals surface area contributed by atoms with Crippen LogP contribution in [0.4, 0.5) is 0 Å². The van der Waals surface area contributed by atoms with Crippen molar-refractivity contribution in [3.8, 4) is 0 Å². The molecule has 4 heteroatoms. The summed E-state index contributed by atoms with van der Waals surface area (Å²) in [5.74, 6) is -0.105. The summed E-state index contributed by atoms with van der Waals surface area (Å²) in [6.45, 7) is 7.27. The van der Waals surface area contributed by atoms with Crippen LogP contribution in [0.1, 0.15) is 65.2 Å². The Morgan fingerprint density at radius 1 is 0.750 bits per heavy atom. The first-order chi connectivity index (χ1) is 9.81. The van der Waals surface area contributed by atoms with Gasteiger partial charge >= 0.3 is 5.97 Å². The van der Waals surface area contributed by atoms with E-state index in [1.54, 1.807) is 0 Å². The molecule has 0 saturated carbocycles. The fraction of sp³-hybridized carbons (Fsp3) is 0.938. The second-order valence-electron chi connectivity index (χ2n) is 4.90. The van der Waals surface area contributed by atoms with Crippen LogP contribution in [-0.4, -0.2) is 39.0 Å². The molecule has 0 N–H and O–H groups in total. The lowest BCUT2D eigenvalue weighted by atomic mass is 10.1. The van der Waals surface area contributed by atoms with E-state index in [-0.39, 0.29) is 5.97 Å². The molecule has 0 amide bonds. The third-order valence-electron chi connectivity index (χ3n) is 3.01. The Labute approximate surface area is 124 Å². The lowest BCUT2D eigenvalue weighted by molar-refractivity contribution is -0.144. The molecule has 20 heavy (non-hydrogen) atoms. The van der Waals surface area contributed by atoms with Crippen molar-refractivity contribution < 1.29 is 19.0 Å². The molecular formula is C16H32O4. The second kappa shape index (κ2) is 16.4. The highest BCUT2D eigenvalue weighted by atomic mass is 16.5. The quantitative estimate of drug-likeness (QED) is 0.340. The Kier molecular flexibility index (Phi) is 15.9. The fourth-order valence-electron chi connectivity index (χ4n) is 1.82. The van der Waals surface area contributed by atoms with Crippen LogP contribution in [0.2, 0.25) is 0 Å². The van der Waals surface area contributed by atoms with Crippen LogP contribution in [0.5, 0.6) is 0 Å². The average molecular weight is 288 g/mol. The monoisotopic (exact) mass is 288 g/mol. The number of carbonyl (C=O) groups is 1. The molecule has 0 saturated heterocycles. The summed E-state index contributed by atoms with van der Waals surface area (Å²) in [5, 5.41) is 0. The Balaban J connectivity index is 3.13. The van der Waals surface area contributed by atoms with E-state index in [0.29, 0.717) is 39.5 Å². The van der Waals surface area contributed by atoms with Gasteiger partial charge in [-0.25, -0.2) is 0 Å². The summed E-state index contributed by atoms with van der Waals surface area (Å²) >= 11 is 0. The first kappa shape index (κ1) is 19.4. The zero-order valence-electron chi connectivity index (χ0n) is 13.3. The Morgan fingerprint density at radius 3 is 2.20 bits per heavy atom. The van der Waals surface area contributed by atoms with Crippen LogP contribution in [0, 0.1) is 0 Å². The van der Waals surface area contributed by atoms with Crippen LogP contribution in [0.3, 0.4) is 0 Å². The van der Waals surface area contributed by atoms with E-state index in [1.165, 1.54) is 25.7 Å². The van der Waals surface area contributed by atoms with Crippen LogP contribution in [-0.2, 0) is 19.0 Å². The normalized spacial score (nSPS) is 10.7. The van der Waals surface area contributed by atoms with Gasteiger partial charge in [0.1, 0.15) is 0 Å². The molecule has 0 aliphatic heterocycles. The minimum Gasteiger partial charge on any atom is -0.466 e. The van der Waals surface area contributed by atoms with Crippen LogP contribution in [0.25, 0.3) is 0 Å². The van der Waals surface area contributed by atoms with Gasteiger partial charge in [-0.05, 0) is 19.8 Å². The molecule has 0 heterocycles. The van der Waals surface area contributed by atoms with Crippen LogP contribution >= 0.6 is 0 Å². The molecule has 0 aliphatic rings. The molecule has 0 aromatic rings. The van der Waals surface area contributed by atoms with Crippen molar-refractivity contribution in [1.29, 1.82) is 0 Å². The highest BCUT2D eigenvalue weighted by Crippen LogP contribution is 2.05. The van der Waals surface area contributed by atoms with Gasteiger partial charge < -0.3 is 14.2 Å². The first-order valence-electron chi connectivity index (χ1n) is 8.12. The maximum absolute atomic E-state index is 11.4. The molecule has 0 spiro atoms. The Hall–Kier alpha value is -0.610. The van der Waals surface area contributed by atoms with Crippen molar-refractivity contribution in [3.63, 3.8) is 0 Å². The molecule has 0 unspecified atom stereocenters. The molecule has 120 valence electrons. The predicted molar refractivity (Wildman–Crippen MR) is 80.9 cm³/mol. The third kappa shape index (κ3) is 15.4. The van der Waals surface area contributed by atoms with E-state index in [2.05, 4.69) is 6.92 Å². The third-order valence-corrected chi connectivity index (χ3v) is 3.01. The summed E-state index contributed by atoms with van der Waals surface area (Å²) in [5.41, 5.74) is 0.